The third-order valence-corrected chi connectivity index (χ3v) is 18.7. The molecule has 2 heteroatoms. The number of hydrogen-bond donors (Lipinski definition) is 0. The van der Waals surface area contributed by atoms with Crippen LogP contribution >= 0.6 is 0 Å². The molecule has 0 unspecified atom stereocenters. The van der Waals surface area contributed by atoms with E-state index in [0.29, 0.717) is 0 Å². The van der Waals surface area contributed by atoms with E-state index < -0.39 is 16.1 Å². The molecule has 0 N–H and O–H groups in total. The van der Waals surface area contributed by atoms with E-state index >= 15 is 0 Å². The molecule has 0 nitrogen and oxygen atoms in total. The van der Waals surface area contributed by atoms with Crippen molar-refractivity contribution in [3.8, 4) is 44.5 Å². The van der Waals surface area contributed by atoms with Crippen LogP contribution in [0.2, 0.25) is 26.2 Å². The van der Waals surface area contributed by atoms with Crippen molar-refractivity contribution in [2.45, 2.75) is 26.2 Å². The lowest BCUT2D eigenvalue weighted by molar-refractivity contribution is 1.58. The summed E-state index contributed by atoms with van der Waals surface area (Å²) in [4.78, 5) is 0. The molecule has 228 valence electrons. The molecule has 8 aromatic rings. The summed E-state index contributed by atoms with van der Waals surface area (Å²) in [5, 5.41) is 14.5. The number of benzene rings is 8. The van der Waals surface area contributed by atoms with Gasteiger partial charge in [0.25, 0.3) is 0 Å². The van der Waals surface area contributed by atoms with E-state index in [1.54, 1.807) is 20.7 Å². The van der Waals surface area contributed by atoms with Crippen LogP contribution in [0.25, 0.3) is 76.8 Å². The first-order chi connectivity index (χ1) is 23.3. The lowest BCUT2D eigenvalue weighted by Crippen LogP contribution is -2.59. The van der Waals surface area contributed by atoms with Gasteiger partial charge in [0.15, 0.2) is 0 Å². The van der Waals surface area contributed by atoms with E-state index in [9.17, 15) is 0 Å². The molecule has 0 aliphatic carbocycles. The zero-order valence-electron chi connectivity index (χ0n) is 27.9. The Labute approximate surface area is 284 Å². The predicted molar refractivity (Wildman–Crippen MR) is 214 cm³/mol. The van der Waals surface area contributed by atoms with Crippen LogP contribution in [0.15, 0.2) is 146 Å². The predicted octanol–water partition coefficient (Wildman–Crippen LogP) is 10.1. The normalized spacial score (nSPS) is 15.0. The Morgan fingerprint density at radius 3 is 1.08 bits per heavy atom. The highest BCUT2D eigenvalue weighted by Gasteiger charge is 2.41. The van der Waals surface area contributed by atoms with Gasteiger partial charge in [-0.15, -0.1) is 0 Å². The van der Waals surface area contributed by atoms with Gasteiger partial charge in [-0.1, -0.05) is 160 Å². The third-order valence-electron chi connectivity index (χ3n) is 11.6. The van der Waals surface area contributed by atoms with E-state index in [-0.39, 0.29) is 0 Å². The molecule has 0 bridgehead atoms. The molecule has 0 spiro atoms. The van der Waals surface area contributed by atoms with E-state index in [1.807, 2.05) is 0 Å². The van der Waals surface area contributed by atoms with Crippen LogP contribution in [-0.4, -0.2) is 16.1 Å². The molecular weight excluding hydrogens is 609 g/mol. The van der Waals surface area contributed by atoms with Crippen LogP contribution in [0.5, 0.6) is 0 Å². The van der Waals surface area contributed by atoms with Gasteiger partial charge in [-0.25, -0.2) is 0 Å². The molecular formula is C46H36Si2. The molecule has 0 radical (unpaired) electrons. The Kier molecular flexibility index (Phi) is 5.70. The topological polar surface area (TPSA) is 0 Å². The fourth-order valence-electron chi connectivity index (χ4n) is 8.97. The Morgan fingerprint density at radius 1 is 0.292 bits per heavy atom. The zero-order valence-corrected chi connectivity index (χ0v) is 29.9. The van der Waals surface area contributed by atoms with Crippen LogP contribution in [0, 0.1) is 0 Å². The first kappa shape index (κ1) is 28.0. The summed E-state index contributed by atoms with van der Waals surface area (Å²) < 4.78 is 0. The van der Waals surface area contributed by atoms with Crippen molar-refractivity contribution in [3.05, 3.63) is 146 Å². The first-order valence-electron chi connectivity index (χ1n) is 17.2. The summed E-state index contributed by atoms with van der Waals surface area (Å²) in [7, 11) is -4.03. The van der Waals surface area contributed by atoms with Crippen LogP contribution < -0.4 is 20.7 Å². The van der Waals surface area contributed by atoms with E-state index in [0.717, 1.165) is 0 Å². The lowest BCUT2D eigenvalue weighted by Gasteiger charge is -2.39. The van der Waals surface area contributed by atoms with E-state index in [2.05, 4.69) is 172 Å². The minimum Gasteiger partial charge on any atom is -0.0620 e. The van der Waals surface area contributed by atoms with Gasteiger partial charge in [-0.3, -0.25) is 0 Å². The van der Waals surface area contributed by atoms with Crippen molar-refractivity contribution in [3.63, 3.8) is 0 Å². The van der Waals surface area contributed by atoms with Gasteiger partial charge < -0.3 is 0 Å². The molecule has 0 aromatic heterocycles. The van der Waals surface area contributed by atoms with Gasteiger partial charge >= 0.3 is 0 Å². The zero-order chi connectivity index (χ0) is 32.4. The molecule has 48 heavy (non-hydrogen) atoms. The van der Waals surface area contributed by atoms with Gasteiger partial charge in [-0.2, -0.15) is 0 Å². The van der Waals surface area contributed by atoms with E-state index in [1.165, 1.54) is 76.8 Å². The average Bonchev–Trinajstić information content (AvgIpc) is 3.12. The quantitative estimate of drug-likeness (QED) is 0.164. The molecule has 2 heterocycles. The molecule has 0 atom stereocenters. The minimum atomic E-state index is -2.01. The third kappa shape index (κ3) is 3.82. The largest absolute Gasteiger partial charge is 0.113 e. The minimum absolute atomic E-state index is 1.29. The van der Waals surface area contributed by atoms with Gasteiger partial charge in [0.2, 0.25) is 0 Å². The molecule has 0 amide bonds. The summed E-state index contributed by atoms with van der Waals surface area (Å²) in [6, 6.07) is 55.7. The summed E-state index contributed by atoms with van der Waals surface area (Å²) >= 11 is 0. The van der Waals surface area contributed by atoms with E-state index in [4.69, 9.17) is 0 Å². The molecule has 0 fully saturated rings. The maximum atomic E-state index is 2.57. The molecule has 0 saturated carbocycles. The van der Waals surface area contributed by atoms with Crippen molar-refractivity contribution >= 4 is 69.2 Å². The van der Waals surface area contributed by atoms with Crippen molar-refractivity contribution in [2.24, 2.45) is 0 Å². The Hall–Kier alpha value is -5.03. The number of fused-ring (bicyclic) bond motifs is 6. The molecule has 8 aromatic carbocycles. The molecule has 10 rings (SSSR count). The standard InChI is InChI=1S/C46H36Si2/c1-47(2)41-23-24-42-46-40(38-20-18-36(28-44(38)48(42,3)4)34-16-14-30-10-6-8-12-32(30)26-34)22-21-39(45(41)46)37-19-17-35(27-43(37)47)33-15-13-29-9-5-7-11-31(29)25-33/h5-28H,1-4H3. The second kappa shape index (κ2) is 9.76. The molecule has 2 aliphatic rings. The smallest absolute Gasteiger partial charge is 0.0620 e. The Bertz CT molecular complexity index is 2490. The summed E-state index contributed by atoms with van der Waals surface area (Å²) in [6.45, 7) is 10.3. The van der Waals surface area contributed by atoms with Crippen molar-refractivity contribution in [1.29, 1.82) is 0 Å². The summed E-state index contributed by atoms with van der Waals surface area (Å²) in [5.74, 6) is 0. The van der Waals surface area contributed by atoms with Crippen LogP contribution in [0.3, 0.4) is 0 Å². The second-order valence-electron chi connectivity index (χ2n) is 15.0. The number of rotatable bonds is 2. The van der Waals surface area contributed by atoms with Gasteiger partial charge in [0.1, 0.15) is 16.1 Å². The highest BCUT2D eigenvalue weighted by atomic mass is 28.3. The highest BCUT2D eigenvalue weighted by Crippen LogP contribution is 2.42. The van der Waals surface area contributed by atoms with Gasteiger partial charge in [0, 0.05) is 0 Å². The SMILES string of the molecule is C[Si]1(C)c2cc(-c3ccc4ccccc4c3)ccc2-c2ccc3c4c(ccc1c24)[Si](C)(C)c1cc(-c2ccc4ccccc4c2)ccc1-3. The fourth-order valence-corrected chi connectivity index (χ4v) is 15.1. The maximum absolute atomic E-state index is 2.57. The maximum Gasteiger partial charge on any atom is 0.113 e. The van der Waals surface area contributed by atoms with Crippen LogP contribution in [0.4, 0.5) is 0 Å². The Balaban J connectivity index is 1.15. The second-order valence-corrected chi connectivity index (χ2v) is 23.6. The van der Waals surface area contributed by atoms with Gasteiger partial charge in [0.05, 0.1) is 0 Å². The van der Waals surface area contributed by atoms with Crippen molar-refractivity contribution in [2.75, 3.05) is 0 Å². The summed E-state index contributed by atoms with van der Waals surface area (Å²) in [6.07, 6.45) is 0. The fraction of sp³-hybridized carbons (Fsp3) is 0.0870. The average molecular weight is 645 g/mol. The highest BCUT2D eigenvalue weighted by molar-refractivity contribution is 7.05. The van der Waals surface area contributed by atoms with Crippen LogP contribution in [0.1, 0.15) is 0 Å². The van der Waals surface area contributed by atoms with Crippen molar-refractivity contribution in [1.82, 2.24) is 0 Å². The molecule has 0 saturated heterocycles. The monoisotopic (exact) mass is 644 g/mol. The lowest BCUT2D eigenvalue weighted by atomic mass is 9.89. The van der Waals surface area contributed by atoms with Crippen LogP contribution in [-0.2, 0) is 0 Å². The summed E-state index contributed by atoms with van der Waals surface area (Å²) in [5.41, 5.74) is 10.9. The first-order valence-corrected chi connectivity index (χ1v) is 23.2. The van der Waals surface area contributed by atoms with Gasteiger partial charge in [-0.05, 0) is 110 Å². The Morgan fingerprint density at radius 2 is 0.646 bits per heavy atom. The van der Waals surface area contributed by atoms with Crippen molar-refractivity contribution < 1.29 is 0 Å². The molecule has 2 aliphatic heterocycles. The number of hydrogen-bond acceptors (Lipinski definition) is 0.